The average molecular weight is 279 g/mol. The molecule has 6 heteroatoms. The summed E-state index contributed by atoms with van der Waals surface area (Å²) in [5, 5.41) is 3.93. The van der Waals surface area contributed by atoms with Crippen LogP contribution < -0.4 is 16.8 Å². The van der Waals surface area contributed by atoms with Crippen LogP contribution in [0.25, 0.3) is 0 Å². The lowest BCUT2D eigenvalue weighted by molar-refractivity contribution is 0.0972. The highest BCUT2D eigenvalue weighted by molar-refractivity contribution is 7.19. The Bertz CT molecular complexity index is 562. The molecular weight excluding hydrogens is 262 g/mol. The van der Waals surface area contributed by atoms with E-state index < -0.39 is 5.91 Å². The van der Waals surface area contributed by atoms with E-state index in [1.807, 2.05) is 0 Å². The van der Waals surface area contributed by atoms with E-state index in [1.54, 1.807) is 0 Å². The number of thiophene rings is 1. The van der Waals surface area contributed by atoms with E-state index in [9.17, 15) is 9.59 Å². The highest BCUT2D eigenvalue weighted by Gasteiger charge is 2.37. The van der Waals surface area contributed by atoms with Crippen molar-refractivity contribution in [2.24, 2.45) is 17.6 Å². The molecule has 2 atom stereocenters. The van der Waals surface area contributed by atoms with Crippen LogP contribution >= 0.6 is 11.3 Å². The van der Waals surface area contributed by atoms with Crippen LogP contribution in [0.3, 0.4) is 0 Å². The lowest BCUT2D eigenvalue weighted by atomic mass is 10.1. The molecule has 3 rings (SSSR count). The van der Waals surface area contributed by atoms with E-state index >= 15 is 0 Å². The predicted molar refractivity (Wildman–Crippen MR) is 75.5 cm³/mol. The predicted octanol–water partition coefficient (Wildman–Crippen LogP) is 1.84. The van der Waals surface area contributed by atoms with Gasteiger partial charge in [-0.25, -0.2) is 0 Å². The van der Waals surface area contributed by atoms with Gasteiger partial charge in [0.2, 0.25) is 0 Å². The monoisotopic (exact) mass is 279 g/mol. The maximum atomic E-state index is 12.1. The number of ketones is 1. The second kappa shape index (κ2) is 4.23. The van der Waals surface area contributed by atoms with E-state index in [4.69, 9.17) is 11.5 Å². The smallest absolute Gasteiger partial charge is 0.253 e. The van der Waals surface area contributed by atoms with Crippen molar-refractivity contribution < 1.29 is 9.59 Å². The molecule has 1 amide bonds. The minimum absolute atomic E-state index is 0.0573. The van der Waals surface area contributed by atoms with Gasteiger partial charge in [0, 0.05) is 12.0 Å². The van der Waals surface area contributed by atoms with Crippen molar-refractivity contribution in [3.63, 3.8) is 0 Å². The van der Waals surface area contributed by atoms with E-state index in [2.05, 4.69) is 12.2 Å². The van der Waals surface area contributed by atoms with Crippen LogP contribution in [0, 0.1) is 11.8 Å². The van der Waals surface area contributed by atoms with Gasteiger partial charge in [-0.15, -0.1) is 11.3 Å². The van der Waals surface area contributed by atoms with E-state index in [0.29, 0.717) is 21.8 Å². The fourth-order valence-electron chi connectivity index (χ4n) is 2.20. The van der Waals surface area contributed by atoms with Crippen molar-refractivity contribution in [1.82, 2.24) is 0 Å². The van der Waals surface area contributed by atoms with Crippen molar-refractivity contribution in [2.45, 2.75) is 32.2 Å². The molecule has 102 valence electrons. The minimum atomic E-state index is -0.570. The zero-order valence-corrected chi connectivity index (χ0v) is 11.5. The Labute approximate surface area is 115 Å². The summed E-state index contributed by atoms with van der Waals surface area (Å²) < 4.78 is 0. The van der Waals surface area contributed by atoms with Crippen molar-refractivity contribution in [1.29, 1.82) is 0 Å². The number of amides is 1. The fraction of sp³-hybridized carbons (Fsp3) is 0.538. The van der Waals surface area contributed by atoms with Crippen LogP contribution in [0.15, 0.2) is 0 Å². The molecule has 0 saturated heterocycles. The lowest BCUT2D eigenvalue weighted by Gasteiger charge is -2.03. The molecule has 2 fully saturated rings. The molecule has 0 spiro atoms. The number of nitrogens with one attached hydrogen (secondary N) is 1. The third-order valence-corrected chi connectivity index (χ3v) is 4.94. The summed E-state index contributed by atoms with van der Waals surface area (Å²) in [6, 6.07) is 0.361. The Morgan fingerprint density at radius 3 is 2.47 bits per heavy atom. The molecule has 0 radical (unpaired) electrons. The Balaban J connectivity index is 1.94. The number of rotatable bonds is 5. The first-order valence-corrected chi connectivity index (χ1v) is 7.33. The Hall–Kier alpha value is -1.56. The summed E-state index contributed by atoms with van der Waals surface area (Å²) in [5.41, 5.74) is 11.9. The number of Topliss-reactive ketones (excluding diaryl/α,β-unsaturated/α-hetero) is 1. The fourth-order valence-corrected chi connectivity index (χ4v) is 3.40. The van der Waals surface area contributed by atoms with Gasteiger partial charge in [-0.1, -0.05) is 6.92 Å². The lowest BCUT2D eigenvalue weighted by Crippen LogP contribution is -2.16. The number of carbonyl (C=O) groups is 2. The third kappa shape index (κ3) is 2.20. The van der Waals surface area contributed by atoms with E-state index in [-0.39, 0.29) is 23.0 Å². The van der Waals surface area contributed by atoms with Crippen molar-refractivity contribution in [2.75, 3.05) is 11.1 Å². The zero-order chi connectivity index (χ0) is 13.7. The number of carbonyl (C=O) groups excluding carboxylic acids is 2. The second-order valence-electron chi connectivity index (χ2n) is 5.52. The first kappa shape index (κ1) is 12.5. The minimum Gasteiger partial charge on any atom is -0.397 e. The normalized spacial score (nSPS) is 25.1. The standard InChI is InChI=1S/C13H17N3O2S/c1-5-4-7(5)16-13-8(12(15)18)9(14)11(19-13)10(17)6-2-3-6/h5-7,16H,2-4,14H2,1H3,(H2,15,18). The van der Waals surface area contributed by atoms with Gasteiger partial charge >= 0.3 is 0 Å². The molecule has 0 aliphatic heterocycles. The second-order valence-corrected chi connectivity index (χ2v) is 6.54. The molecule has 1 aromatic heterocycles. The van der Waals surface area contributed by atoms with Gasteiger partial charge in [0.25, 0.3) is 5.91 Å². The summed E-state index contributed by atoms with van der Waals surface area (Å²) in [7, 11) is 0. The Kier molecular flexibility index (Phi) is 2.78. The molecule has 1 heterocycles. The number of nitrogens with two attached hydrogens (primary N) is 2. The highest BCUT2D eigenvalue weighted by Crippen LogP contribution is 2.43. The Morgan fingerprint density at radius 1 is 1.37 bits per heavy atom. The number of hydrogen-bond donors (Lipinski definition) is 3. The summed E-state index contributed by atoms with van der Waals surface area (Å²) in [6.07, 6.45) is 2.91. The average Bonchev–Trinajstić information content (AvgIpc) is 3.22. The third-order valence-electron chi connectivity index (χ3n) is 3.79. The largest absolute Gasteiger partial charge is 0.397 e. The SMILES string of the molecule is CC1CC1Nc1sc(C(=O)C2CC2)c(N)c1C(N)=O. The number of nitrogen functional groups attached to an aromatic ring is 1. The van der Waals surface area contributed by atoms with E-state index in [0.717, 1.165) is 19.3 Å². The van der Waals surface area contributed by atoms with Crippen LogP contribution in [-0.4, -0.2) is 17.7 Å². The van der Waals surface area contributed by atoms with E-state index in [1.165, 1.54) is 11.3 Å². The first-order valence-electron chi connectivity index (χ1n) is 6.51. The molecule has 0 bridgehead atoms. The zero-order valence-electron chi connectivity index (χ0n) is 10.7. The van der Waals surface area contributed by atoms with Gasteiger partial charge in [-0.05, 0) is 25.2 Å². The van der Waals surface area contributed by atoms with Gasteiger partial charge in [0.05, 0.1) is 16.1 Å². The molecule has 0 aromatic carbocycles. The van der Waals surface area contributed by atoms with Gasteiger partial charge in [-0.2, -0.15) is 0 Å². The summed E-state index contributed by atoms with van der Waals surface area (Å²) in [4.78, 5) is 24.2. The Morgan fingerprint density at radius 2 is 2.00 bits per heavy atom. The van der Waals surface area contributed by atoms with Crippen LogP contribution in [0.4, 0.5) is 10.7 Å². The molecular formula is C13H17N3O2S. The van der Waals surface area contributed by atoms with Gasteiger partial charge in [0.15, 0.2) is 5.78 Å². The topological polar surface area (TPSA) is 98.2 Å². The molecule has 5 nitrogen and oxygen atoms in total. The first-order chi connectivity index (χ1) is 8.99. The highest BCUT2D eigenvalue weighted by atomic mass is 32.1. The van der Waals surface area contributed by atoms with Gasteiger partial charge in [-0.3, -0.25) is 9.59 Å². The van der Waals surface area contributed by atoms with Crippen LogP contribution in [0.2, 0.25) is 0 Å². The van der Waals surface area contributed by atoms with Crippen LogP contribution in [0.5, 0.6) is 0 Å². The molecule has 2 unspecified atom stereocenters. The van der Waals surface area contributed by atoms with Crippen LogP contribution in [0.1, 0.15) is 46.2 Å². The maximum absolute atomic E-state index is 12.1. The summed E-state index contributed by atoms with van der Waals surface area (Å²) >= 11 is 1.27. The molecule has 2 aliphatic carbocycles. The molecule has 2 saturated carbocycles. The number of anilines is 2. The van der Waals surface area contributed by atoms with Gasteiger partial charge in [0.1, 0.15) is 5.00 Å². The van der Waals surface area contributed by atoms with Crippen molar-refractivity contribution in [3.8, 4) is 0 Å². The number of hydrogen-bond acceptors (Lipinski definition) is 5. The van der Waals surface area contributed by atoms with Crippen molar-refractivity contribution >= 4 is 33.7 Å². The summed E-state index contributed by atoms with van der Waals surface area (Å²) in [5.74, 6) is 0.169. The maximum Gasteiger partial charge on any atom is 0.253 e. The molecule has 2 aliphatic rings. The molecule has 1 aromatic rings. The molecule has 19 heavy (non-hydrogen) atoms. The van der Waals surface area contributed by atoms with Crippen LogP contribution in [-0.2, 0) is 0 Å². The number of primary amides is 1. The van der Waals surface area contributed by atoms with Crippen molar-refractivity contribution in [3.05, 3.63) is 10.4 Å². The summed E-state index contributed by atoms with van der Waals surface area (Å²) in [6.45, 7) is 2.13. The van der Waals surface area contributed by atoms with Gasteiger partial charge < -0.3 is 16.8 Å². The molecule has 5 N–H and O–H groups in total. The quantitative estimate of drug-likeness (QED) is 0.716.